The molecule has 0 unspecified atom stereocenters. The average molecular weight is 336 g/mol. The molecule has 0 aliphatic rings. The number of nitrogens with zero attached hydrogens (tertiary/aromatic N) is 2. The Bertz CT molecular complexity index is 905. The molecule has 0 fully saturated rings. The molecule has 21 heavy (non-hydrogen) atoms. The predicted octanol–water partition coefficient (Wildman–Crippen LogP) is 3.32. The normalized spacial score (nSPS) is 12.7. The molecule has 2 aromatic heterocycles. The first-order valence-electron chi connectivity index (χ1n) is 6.09. The van der Waals surface area contributed by atoms with Gasteiger partial charge < -0.3 is 0 Å². The molecule has 0 N–H and O–H groups in total. The maximum atomic E-state index is 11.9. The minimum Gasteiger partial charge on any atom is -0.220 e. The van der Waals surface area contributed by atoms with Crippen molar-refractivity contribution in [2.75, 3.05) is 6.26 Å². The van der Waals surface area contributed by atoms with Crippen molar-refractivity contribution in [1.29, 1.82) is 0 Å². The van der Waals surface area contributed by atoms with Gasteiger partial charge in [0.2, 0.25) is 14.8 Å². The third-order valence-electron chi connectivity index (χ3n) is 2.77. The Morgan fingerprint density at radius 2 is 1.90 bits per heavy atom. The second-order valence-electron chi connectivity index (χ2n) is 4.40. The fourth-order valence-electron chi connectivity index (χ4n) is 1.79. The standard InChI is InChI=1S/C14H12N2O2S3/c1-21(17,18)16-9-13(11-7-8-19-10-11)20-14(16)15-12-5-3-2-4-6-12/h2-10H,1H3. The molecule has 108 valence electrons. The largest absolute Gasteiger partial charge is 0.237 e. The van der Waals surface area contributed by atoms with Gasteiger partial charge in [0.25, 0.3) is 0 Å². The fraction of sp³-hybridized carbons (Fsp3) is 0.0714. The summed E-state index contributed by atoms with van der Waals surface area (Å²) in [7, 11) is -3.39. The lowest BCUT2D eigenvalue weighted by atomic mass is 10.3. The molecule has 0 bridgehead atoms. The first kappa shape index (κ1) is 14.2. The van der Waals surface area contributed by atoms with Gasteiger partial charge >= 0.3 is 0 Å². The summed E-state index contributed by atoms with van der Waals surface area (Å²) in [5.41, 5.74) is 1.74. The van der Waals surface area contributed by atoms with Crippen LogP contribution >= 0.6 is 22.7 Å². The Balaban J connectivity index is 2.22. The first-order chi connectivity index (χ1) is 10.0. The highest BCUT2D eigenvalue weighted by Crippen LogP contribution is 2.25. The number of hydrogen-bond donors (Lipinski definition) is 0. The van der Waals surface area contributed by atoms with E-state index in [2.05, 4.69) is 4.99 Å². The second-order valence-corrected chi connectivity index (χ2v) is 8.04. The van der Waals surface area contributed by atoms with Gasteiger partial charge in [0.15, 0.2) is 0 Å². The van der Waals surface area contributed by atoms with Crippen molar-refractivity contribution in [3.05, 3.63) is 58.2 Å². The Kier molecular flexibility index (Phi) is 3.79. The molecule has 0 aliphatic carbocycles. The number of benzene rings is 1. The summed E-state index contributed by atoms with van der Waals surface area (Å²) in [5, 5.41) is 3.96. The van der Waals surface area contributed by atoms with E-state index in [1.54, 1.807) is 17.5 Å². The van der Waals surface area contributed by atoms with Gasteiger partial charge in [0, 0.05) is 11.8 Å². The summed E-state index contributed by atoms with van der Waals surface area (Å²) in [6.07, 6.45) is 2.81. The van der Waals surface area contributed by atoms with Crippen LogP contribution in [0.1, 0.15) is 0 Å². The summed E-state index contributed by atoms with van der Waals surface area (Å²) in [5.74, 6) is 0. The van der Waals surface area contributed by atoms with Crippen LogP contribution in [-0.2, 0) is 10.0 Å². The summed E-state index contributed by atoms with van der Waals surface area (Å²) in [6.45, 7) is 0. The molecule has 1 aromatic carbocycles. The quantitative estimate of drug-likeness (QED) is 0.737. The van der Waals surface area contributed by atoms with Crippen LogP contribution in [0.3, 0.4) is 0 Å². The van der Waals surface area contributed by atoms with Crippen molar-refractivity contribution in [3.8, 4) is 10.4 Å². The van der Waals surface area contributed by atoms with Crippen LogP contribution in [0.4, 0.5) is 5.69 Å². The van der Waals surface area contributed by atoms with Crippen molar-refractivity contribution in [1.82, 2.24) is 3.97 Å². The highest BCUT2D eigenvalue weighted by Gasteiger charge is 2.12. The number of aromatic nitrogens is 1. The monoisotopic (exact) mass is 336 g/mol. The smallest absolute Gasteiger partial charge is 0.220 e. The zero-order valence-electron chi connectivity index (χ0n) is 11.1. The Hall–Kier alpha value is -1.70. The van der Waals surface area contributed by atoms with Crippen molar-refractivity contribution in [2.24, 2.45) is 4.99 Å². The Morgan fingerprint density at radius 1 is 1.14 bits per heavy atom. The van der Waals surface area contributed by atoms with E-state index in [-0.39, 0.29) is 0 Å². The van der Waals surface area contributed by atoms with Crippen molar-refractivity contribution in [2.45, 2.75) is 0 Å². The van der Waals surface area contributed by atoms with E-state index in [0.717, 1.165) is 16.1 Å². The van der Waals surface area contributed by atoms with Crippen LogP contribution in [0.2, 0.25) is 0 Å². The number of rotatable bonds is 3. The van der Waals surface area contributed by atoms with Crippen molar-refractivity contribution >= 4 is 38.4 Å². The lowest BCUT2D eigenvalue weighted by Crippen LogP contribution is -2.21. The molecule has 7 heteroatoms. The number of thiophene rings is 1. The van der Waals surface area contributed by atoms with Gasteiger partial charge in [-0.1, -0.05) is 29.5 Å². The van der Waals surface area contributed by atoms with Gasteiger partial charge in [-0.15, -0.1) is 0 Å². The van der Waals surface area contributed by atoms with Gasteiger partial charge in [0.05, 0.1) is 16.8 Å². The van der Waals surface area contributed by atoms with Gasteiger partial charge in [-0.3, -0.25) is 0 Å². The molecule has 0 saturated heterocycles. The zero-order valence-corrected chi connectivity index (χ0v) is 13.6. The molecule has 0 saturated carbocycles. The molecule has 0 atom stereocenters. The third-order valence-corrected chi connectivity index (χ3v) is 5.59. The van der Waals surface area contributed by atoms with Crippen LogP contribution in [0.15, 0.2) is 58.3 Å². The van der Waals surface area contributed by atoms with Crippen molar-refractivity contribution in [3.63, 3.8) is 0 Å². The molecule has 2 heterocycles. The SMILES string of the molecule is CS(=O)(=O)n1cc(-c2ccsc2)sc1=Nc1ccccc1. The van der Waals surface area contributed by atoms with Crippen LogP contribution in [0.25, 0.3) is 10.4 Å². The molecule has 0 spiro atoms. The molecule has 0 amide bonds. The lowest BCUT2D eigenvalue weighted by Gasteiger charge is -1.98. The highest BCUT2D eigenvalue weighted by molar-refractivity contribution is 7.89. The van der Waals surface area contributed by atoms with Gasteiger partial charge in [0.1, 0.15) is 0 Å². The molecule has 4 nitrogen and oxygen atoms in total. The molecule has 0 radical (unpaired) electrons. The zero-order chi connectivity index (χ0) is 14.9. The fourth-order valence-corrected chi connectivity index (χ4v) is 4.62. The topological polar surface area (TPSA) is 51.4 Å². The van der Waals surface area contributed by atoms with Crippen molar-refractivity contribution < 1.29 is 8.42 Å². The average Bonchev–Trinajstić information content (AvgIpc) is 3.07. The number of hydrogen-bond acceptors (Lipinski definition) is 5. The molecule has 3 aromatic rings. The van der Waals surface area contributed by atoms with Crippen LogP contribution in [0, 0.1) is 0 Å². The summed E-state index contributed by atoms with van der Waals surface area (Å²) in [6, 6.07) is 11.3. The Morgan fingerprint density at radius 3 is 2.52 bits per heavy atom. The van der Waals surface area contributed by atoms with E-state index in [4.69, 9.17) is 0 Å². The predicted molar refractivity (Wildman–Crippen MR) is 87.5 cm³/mol. The highest BCUT2D eigenvalue weighted by atomic mass is 32.2. The maximum Gasteiger partial charge on any atom is 0.237 e. The maximum absolute atomic E-state index is 11.9. The van der Waals surface area contributed by atoms with Crippen LogP contribution in [-0.4, -0.2) is 18.6 Å². The van der Waals surface area contributed by atoms with Crippen LogP contribution in [0.5, 0.6) is 0 Å². The van der Waals surface area contributed by atoms with E-state index in [1.165, 1.54) is 21.6 Å². The summed E-state index contributed by atoms with van der Waals surface area (Å²) >= 11 is 2.94. The van der Waals surface area contributed by atoms with E-state index < -0.39 is 10.0 Å². The van der Waals surface area contributed by atoms with E-state index in [9.17, 15) is 8.42 Å². The van der Waals surface area contributed by atoms with Gasteiger partial charge in [-0.25, -0.2) is 17.4 Å². The minimum absolute atomic E-state index is 0.449. The number of thiazole rings is 1. The molecule has 3 rings (SSSR count). The van der Waals surface area contributed by atoms with Gasteiger partial charge in [-0.05, 0) is 29.0 Å². The first-order valence-corrected chi connectivity index (χ1v) is 9.70. The summed E-state index contributed by atoms with van der Waals surface area (Å²) in [4.78, 5) is 5.78. The van der Waals surface area contributed by atoms with Gasteiger partial charge in [-0.2, -0.15) is 11.3 Å². The summed E-state index contributed by atoms with van der Waals surface area (Å²) < 4.78 is 25.1. The van der Waals surface area contributed by atoms with E-state index in [0.29, 0.717) is 4.80 Å². The number of para-hydroxylation sites is 1. The van der Waals surface area contributed by atoms with E-state index >= 15 is 0 Å². The minimum atomic E-state index is -3.39. The lowest BCUT2D eigenvalue weighted by molar-refractivity contribution is 0.592. The third kappa shape index (κ3) is 3.15. The second kappa shape index (κ2) is 5.59. The molecule has 0 aliphatic heterocycles. The van der Waals surface area contributed by atoms with Crippen LogP contribution < -0.4 is 4.80 Å². The molecular weight excluding hydrogens is 324 g/mol. The van der Waals surface area contributed by atoms with E-state index in [1.807, 2.05) is 47.2 Å². The Labute approximate surface area is 130 Å². The molecular formula is C14H12N2O2S3.